The molecule has 0 saturated carbocycles. The van der Waals surface area contributed by atoms with E-state index in [0.717, 1.165) is 17.2 Å². The van der Waals surface area contributed by atoms with Crippen LogP contribution in [-0.2, 0) is 6.18 Å². The molecule has 0 N–H and O–H groups in total. The highest BCUT2D eigenvalue weighted by molar-refractivity contribution is 5.54. The van der Waals surface area contributed by atoms with E-state index in [4.69, 9.17) is 0 Å². The van der Waals surface area contributed by atoms with E-state index in [1.165, 1.54) is 6.07 Å². The van der Waals surface area contributed by atoms with Crippen LogP contribution in [0.4, 0.5) is 13.2 Å². The summed E-state index contributed by atoms with van der Waals surface area (Å²) in [6.45, 7) is 0. The van der Waals surface area contributed by atoms with Crippen LogP contribution in [0.5, 0.6) is 0 Å². The topological polar surface area (TPSA) is 0 Å². The molecule has 0 saturated heterocycles. The maximum atomic E-state index is 13.5. The average Bonchev–Trinajstić information content (AvgIpc) is 2.63. The van der Waals surface area contributed by atoms with Crippen LogP contribution in [-0.4, -0.2) is 0 Å². The summed E-state index contributed by atoms with van der Waals surface area (Å²) >= 11 is 0. The smallest absolute Gasteiger partial charge is 0.166 e. The molecule has 0 nitrogen and oxygen atoms in total. The van der Waals surface area contributed by atoms with Gasteiger partial charge in [0.1, 0.15) is 0 Å². The van der Waals surface area contributed by atoms with E-state index in [2.05, 4.69) is 0 Å². The van der Waals surface area contributed by atoms with Gasteiger partial charge < -0.3 is 0 Å². The van der Waals surface area contributed by atoms with Crippen LogP contribution in [0.2, 0.25) is 0 Å². The van der Waals surface area contributed by atoms with Gasteiger partial charge in [0.05, 0.1) is 5.56 Å². The fourth-order valence-corrected chi connectivity index (χ4v) is 2.85. The zero-order valence-electron chi connectivity index (χ0n) is 13.4. The van der Waals surface area contributed by atoms with Gasteiger partial charge in [-0.1, -0.05) is 91.0 Å². The molecule has 0 fully saturated rings. The van der Waals surface area contributed by atoms with Gasteiger partial charge in [-0.2, -0.15) is 13.2 Å². The van der Waals surface area contributed by atoms with Gasteiger partial charge in [-0.3, -0.25) is 0 Å². The Kier molecular flexibility index (Phi) is 5.03. The largest absolute Gasteiger partial charge is 0.416 e. The van der Waals surface area contributed by atoms with Crippen molar-refractivity contribution in [3.05, 3.63) is 113 Å². The van der Waals surface area contributed by atoms with Gasteiger partial charge in [-0.05, 0) is 22.8 Å². The molecule has 1 atom stereocenters. The van der Waals surface area contributed by atoms with Crippen LogP contribution in [0.3, 0.4) is 0 Å². The Labute approximate surface area is 145 Å². The van der Waals surface area contributed by atoms with Crippen molar-refractivity contribution in [2.75, 3.05) is 0 Å². The van der Waals surface area contributed by atoms with Crippen LogP contribution in [0, 0.1) is 0 Å². The summed E-state index contributed by atoms with van der Waals surface area (Å²) in [7, 11) is 0. The van der Waals surface area contributed by atoms with Gasteiger partial charge >= 0.3 is 6.18 Å². The molecule has 0 spiro atoms. The SMILES string of the molecule is FC(F)(F)c1ccccc1[C@@H](/C=C/c1ccccc1)c1ccccc1. The zero-order chi connectivity index (χ0) is 17.7. The molecule has 0 aliphatic rings. The molecule has 3 rings (SSSR count). The minimum atomic E-state index is -4.38. The van der Waals surface area contributed by atoms with Crippen molar-refractivity contribution in [1.29, 1.82) is 0 Å². The van der Waals surface area contributed by atoms with Crippen molar-refractivity contribution in [2.45, 2.75) is 12.1 Å². The monoisotopic (exact) mass is 338 g/mol. The minimum Gasteiger partial charge on any atom is -0.166 e. The maximum absolute atomic E-state index is 13.5. The molecular weight excluding hydrogens is 321 g/mol. The minimum absolute atomic E-state index is 0.258. The first-order valence-corrected chi connectivity index (χ1v) is 8.00. The summed E-state index contributed by atoms with van der Waals surface area (Å²) in [6.07, 6.45) is -0.690. The van der Waals surface area contributed by atoms with Crippen LogP contribution < -0.4 is 0 Å². The second-order valence-corrected chi connectivity index (χ2v) is 5.74. The molecule has 0 aromatic heterocycles. The van der Waals surface area contributed by atoms with Crippen molar-refractivity contribution in [3.63, 3.8) is 0 Å². The van der Waals surface area contributed by atoms with E-state index in [-0.39, 0.29) is 5.56 Å². The second-order valence-electron chi connectivity index (χ2n) is 5.74. The number of halogens is 3. The van der Waals surface area contributed by atoms with E-state index in [0.29, 0.717) is 0 Å². The first kappa shape index (κ1) is 17.0. The Balaban J connectivity index is 2.09. The average molecular weight is 338 g/mol. The van der Waals surface area contributed by atoms with Crippen molar-refractivity contribution in [2.24, 2.45) is 0 Å². The molecule has 0 heterocycles. The molecule has 3 aromatic rings. The molecule has 126 valence electrons. The maximum Gasteiger partial charge on any atom is 0.416 e. The Morgan fingerprint density at radius 1 is 0.680 bits per heavy atom. The first-order chi connectivity index (χ1) is 12.1. The number of hydrogen-bond acceptors (Lipinski definition) is 0. The highest BCUT2D eigenvalue weighted by Gasteiger charge is 2.34. The van der Waals surface area contributed by atoms with Crippen molar-refractivity contribution < 1.29 is 13.2 Å². The Hall–Kier alpha value is -2.81. The van der Waals surface area contributed by atoms with E-state index < -0.39 is 17.7 Å². The van der Waals surface area contributed by atoms with Gasteiger partial charge in [0, 0.05) is 5.92 Å². The normalized spacial score (nSPS) is 13.1. The molecule has 0 aliphatic heterocycles. The quantitative estimate of drug-likeness (QED) is 0.506. The highest BCUT2D eigenvalue weighted by Crippen LogP contribution is 2.38. The number of allylic oxidation sites excluding steroid dienone is 1. The molecule has 0 radical (unpaired) electrons. The molecular formula is C22H17F3. The number of benzene rings is 3. The number of alkyl halides is 3. The lowest BCUT2D eigenvalue weighted by molar-refractivity contribution is -0.138. The van der Waals surface area contributed by atoms with E-state index in [9.17, 15) is 13.2 Å². The van der Waals surface area contributed by atoms with Crippen LogP contribution >= 0.6 is 0 Å². The summed E-state index contributed by atoms with van der Waals surface area (Å²) in [6, 6.07) is 24.6. The Morgan fingerprint density at radius 2 is 1.24 bits per heavy atom. The fourth-order valence-electron chi connectivity index (χ4n) is 2.85. The summed E-state index contributed by atoms with van der Waals surface area (Å²) in [5, 5.41) is 0. The third-order valence-electron chi connectivity index (χ3n) is 4.04. The van der Waals surface area contributed by atoms with Crippen molar-refractivity contribution in [3.8, 4) is 0 Å². The van der Waals surface area contributed by atoms with Crippen LogP contribution in [0.15, 0.2) is 91.0 Å². The molecule has 3 heteroatoms. The molecule has 0 unspecified atom stereocenters. The van der Waals surface area contributed by atoms with Crippen molar-refractivity contribution >= 4 is 6.08 Å². The summed E-state index contributed by atoms with van der Waals surface area (Å²) in [5.74, 6) is -0.473. The Morgan fingerprint density at radius 3 is 1.88 bits per heavy atom. The summed E-state index contributed by atoms with van der Waals surface area (Å²) in [4.78, 5) is 0. The molecule has 0 aliphatic carbocycles. The van der Waals surface area contributed by atoms with Crippen LogP contribution in [0.25, 0.3) is 6.08 Å². The second kappa shape index (κ2) is 7.39. The van der Waals surface area contributed by atoms with E-state index in [1.807, 2.05) is 72.8 Å². The third kappa shape index (κ3) is 4.18. The molecule has 3 aromatic carbocycles. The first-order valence-electron chi connectivity index (χ1n) is 8.00. The van der Waals surface area contributed by atoms with Gasteiger partial charge in [0.25, 0.3) is 0 Å². The lowest BCUT2D eigenvalue weighted by Gasteiger charge is -2.19. The molecule has 25 heavy (non-hydrogen) atoms. The summed E-state index contributed by atoms with van der Waals surface area (Å²) in [5.41, 5.74) is 1.44. The van der Waals surface area contributed by atoms with Crippen molar-refractivity contribution in [1.82, 2.24) is 0 Å². The lowest BCUT2D eigenvalue weighted by atomic mass is 9.87. The standard InChI is InChI=1S/C22H17F3/c23-22(24,25)21-14-8-7-13-20(21)19(18-11-5-2-6-12-18)16-15-17-9-3-1-4-10-17/h1-16,19H/b16-15+/t19-/m0/s1. The Bertz CT molecular complexity index is 834. The van der Waals surface area contributed by atoms with Crippen LogP contribution in [0.1, 0.15) is 28.2 Å². The van der Waals surface area contributed by atoms with Gasteiger partial charge in [0.15, 0.2) is 0 Å². The van der Waals surface area contributed by atoms with Gasteiger partial charge in [-0.25, -0.2) is 0 Å². The van der Waals surface area contributed by atoms with E-state index >= 15 is 0 Å². The fraction of sp³-hybridized carbons (Fsp3) is 0.0909. The van der Waals surface area contributed by atoms with Gasteiger partial charge in [0.2, 0.25) is 0 Å². The zero-order valence-corrected chi connectivity index (χ0v) is 13.4. The lowest BCUT2D eigenvalue weighted by Crippen LogP contribution is -2.12. The van der Waals surface area contributed by atoms with E-state index in [1.54, 1.807) is 12.1 Å². The summed E-state index contributed by atoms with van der Waals surface area (Å²) < 4.78 is 40.4. The predicted molar refractivity (Wildman–Crippen MR) is 95.2 cm³/mol. The molecule has 0 amide bonds. The molecule has 0 bridgehead atoms. The number of hydrogen-bond donors (Lipinski definition) is 0. The number of rotatable bonds is 4. The predicted octanol–water partition coefficient (Wildman–Crippen LogP) is 6.55. The third-order valence-corrected chi connectivity index (χ3v) is 4.04. The van der Waals surface area contributed by atoms with Gasteiger partial charge in [-0.15, -0.1) is 0 Å². The highest BCUT2D eigenvalue weighted by atomic mass is 19.4.